The molecule has 1 N–H and O–H groups in total. The Bertz CT molecular complexity index is 428. The van der Waals surface area contributed by atoms with Crippen molar-refractivity contribution in [1.82, 2.24) is 9.88 Å². The van der Waals surface area contributed by atoms with E-state index in [4.69, 9.17) is 0 Å². The maximum Gasteiger partial charge on any atom is 0.251 e. The molecule has 0 saturated carbocycles. The molecule has 1 atom stereocenters. The van der Waals surface area contributed by atoms with Crippen LogP contribution in [0.5, 0.6) is 0 Å². The average molecular weight is 277 g/mol. The van der Waals surface area contributed by atoms with Gasteiger partial charge in [0.25, 0.3) is 5.91 Å². The van der Waals surface area contributed by atoms with Crippen molar-refractivity contribution in [3.8, 4) is 0 Å². The van der Waals surface area contributed by atoms with E-state index in [1.807, 2.05) is 32.2 Å². The van der Waals surface area contributed by atoms with E-state index in [1.165, 1.54) is 0 Å². The van der Waals surface area contributed by atoms with Gasteiger partial charge in [-0.2, -0.15) is 0 Å². The topological polar surface area (TPSA) is 56.7 Å². The summed E-state index contributed by atoms with van der Waals surface area (Å²) in [7, 11) is 0. The number of carbonyl (C=O) groups excluding carboxylic acids is 1. The van der Waals surface area contributed by atoms with Crippen LogP contribution in [0.15, 0.2) is 24.5 Å². The normalized spacial score (nSPS) is 17.4. The lowest BCUT2D eigenvalue weighted by molar-refractivity contribution is -0.141. The van der Waals surface area contributed by atoms with Gasteiger partial charge in [-0.05, 0) is 24.5 Å². The molecule has 2 rings (SSSR count). The zero-order valence-corrected chi connectivity index (χ0v) is 12.2. The van der Waals surface area contributed by atoms with Crippen LogP contribution in [-0.2, 0) is 4.79 Å². The van der Waals surface area contributed by atoms with Gasteiger partial charge < -0.3 is 14.9 Å². The summed E-state index contributed by atoms with van der Waals surface area (Å²) in [5, 5.41) is 9.91. The van der Waals surface area contributed by atoms with Crippen molar-refractivity contribution in [2.75, 3.05) is 31.1 Å². The minimum absolute atomic E-state index is 0.135. The predicted octanol–water partition coefficient (Wildman–Crippen LogP) is 1.14. The van der Waals surface area contributed by atoms with E-state index >= 15 is 0 Å². The average Bonchev–Trinajstić information content (AvgIpc) is 2.47. The van der Waals surface area contributed by atoms with Crippen LogP contribution in [0.3, 0.4) is 0 Å². The van der Waals surface area contributed by atoms with Crippen molar-refractivity contribution >= 4 is 11.6 Å². The molecule has 1 aliphatic heterocycles. The maximum absolute atomic E-state index is 12.1. The summed E-state index contributed by atoms with van der Waals surface area (Å²) < 4.78 is 0. The third-order valence-corrected chi connectivity index (χ3v) is 3.58. The van der Waals surface area contributed by atoms with Crippen molar-refractivity contribution in [1.29, 1.82) is 0 Å². The number of aromatic nitrogens is 1. The second-order valence-electron chi connectivity index (χ2n) is 5.67. The lowest BCUT2D eigenvalue weighted by atomic mass is 10.0. The quantitative estimate of drug-likeness (QED) is 0.896. The fraction of sp³-hybridized carbons (Fsp3) is 0.600. The smallest absolute Gasteiger partial charge is 0.251 e. The molecule has 1 saturated heterocycles. The van der Waals surface area contributed by atoms with Gasteiger partial charge in [-0.3, -0.25) is 9.78 Å². The second-order valence-corrected chi connectivity index (χ2v) is 5.67. The fourth-order valence-corrected chi connectivity index (χ4v) is 2.48. The predicted molar refractivity (Wildman–Crippen MR) is 78.5 cm³/mol. The van der Waals surface area contributed by atoms with Gasteiger partial charge in [0.15, 0.2) is 0 Å². The Morgan fingerprint density at radius 3 is 2.60 bits per heavy atom. The van der Waals surface area contributed by atoms with Crippen LogP contribution < -0.4 is 4.90 Å². The fourth-order valence-electron chi connectivity index (χ4n) is 2.48. The van der Waals surface area contributed by atoms with Gasteiger partial charge in [-0.25, -0.2) is 0 Å². The van der Waals surface area contributed by atoms with Gasteiger partial charge in [-0.15, -0.1) is 0 Å². The molecule has 0 bridgehead atoms. The number of pyridine rings is 1. The molecule has 1 aromatic heterocycles. The third kappa shape index (κ3) is 3.70. The van der Waals surface area contributed by atoms with Gasteiger partial charge in [0.05, 0.1) is 11.9 Å². The molecule has 0 spiro atoms. The number of anilines is 1. The van der Waals surface area contributed by atoms with Crippen molar-refractivity contribution in [3.05, 3.63) is 24.5 Å². The van der Waals surface area contributed by atoms with E-state index in [9.17, 15) is 9.90 Å². The van der Waals surface area contributed by atoms with E-state index in [-0.39, 0.29) is 5.91 Å². The molecule has 1 aliphatic rings. The molecule has 2 heterocycles. The summed E-state index contributed by atoms with van der Waals surface area (Å²) in [5.41, 5.74) is 1.09. The Kier molecular flexibility index (Phi) is 4.95. The largest absolute Gasteiger partial charge is 0.383 e. The number of amides is 1. The molecule has 1 aromatic rings. The number of aliphatic hydroxyl groups is 1. The van der Waals surface area contributed by atoms with E-state index in [1.54, 1.807) is 11.1 Å². The lowest BCUT2D eigenvalue weighted by Crippen LogP contribution is -2.51. The number of rotatable bonds is 4. The lowest BCUT2D eigenvalue weighted by Gasteiger charge is -2.36. The highest BCUT2D eigenvalue weighted by Gasteiger charge is 2.26. The molecule has 5 heteroatoms. The Balaban J connectivity index is 1.86. The van der Waals surface area contributed by atoms with Gasteiger partial charge in [0.1, 0.15) is 6.10 Å². The summed E-state index contributed by atoms with van der Waals surface area (Å²) in [4.78, 5) is 20.2. The third-order valence-electron chi connectivity index (χ3n) is 3.58. The molecular formula is C15H23N3O2. The van der Waals surface area contributed by atoms with Crippen LogP contribution in [0, 0.1) is 5.92 Å². The van der Waals surface area contributed by atoms with Crippen molar-refractivity contribution in [2.24, 2.45) is 5.92 Å². The molecule has 1 fully saturated rings. The van der Waals surface area contributed by atoms with Crippen LogP contribution >= 0.6 is 0 Å². The van der Waals surface area contributed by atoms with Gasteiger partial charge in [0.2, 0.25) is 0 Å². The summed E-state index contributed by atoms with van der Waals surface area (Å²) in [5.74, 6) is 0.190. The SMILES string of the molecule is CC(C)C[C@H](O)C(=O)N1CCN(c2cccnc2)CC1. The monoisotopic (exact) mass is 277 g/mol. The van der Waals surface area contributed by atoms with Crippen molar-refractivity contribution in [2.45, 2.75) is 26.4 Å². The Morgan fingerprint density at radius 1 is 1.35 bits per heavy atom. The standard InChI is InChI=1S/C15H23N3O2/c1-12(2)10-14(19)15(20)18-8-6-17(7-9-18)13-4-3-5-16-11-13/h3-5,11-12,14,19H,6-10H2,1-2H3/t14-/m0/s1. The summed E-state index contributed by atoms with van der Waals surface area (Å²) in [6.07, 6.45) is 3.26. The first kappa shape index (κ1) is 14.8. The van der Waals surface area contributed by atoms with Gasteiger partial charge in [-0.1, -0.05) is 13.8 Å². The highest BCUT2D eigenvalue weighted by molar-refractivity contribution is 5.81. The van der Waals surface area contributed by atoms with Crippen LogP contribution in [-0.4, -0.2) is 53.2 Å². The highest BCUT2D eigenvalue weighted by Crippen LogP contribution is 2.15. The molecule has 0 aliphatic carbocycles. The Morgan fingerprint density at radius 2 is 2.05 bits per heavy atom. The molecule has 5 nitrogen and oxygen atoms in total. The number of nitrogens with zero attached hydrogens (tertiary/aromatic N) is 3. The number of hydrogen-bond donors (Lipinski definition) is 1. The summed E-state index contributed by atoms with van der Waals surface area (Å²) in [6.45, 7) is 6.90. The first-order valence-electron chi connectivity index (χ1n) is 7.19. The summed E-state index contributed by atoms with van der Waals surface area (Å²) in [6, 6.07) is 3.94. The van der Waals surface area contributed by atoms with E-state index in [0.29, 0.717) is 25.4 Å². The molecule has 0 radical (unpaired) electrons. The van der Waals surface area contributed by atoms with E-state index in [2.05, 4.69) is 9.88 Å². The minimum atomic E-state index is -0.861. The van der Waals surface area contributed by atoms with Gasteiger partial charge in [0, 0.05) is 32.4 Å². The van der Waals surface area contributed by atoms with Crippen molar-refractivity contribution in [3.63, 3.8) is 0 Å². The zero-order valence-electron chi connectivity index (χ0n) is 12.2. The molecule has 0 aromatic carbocycles. The maximum atomic E-state index is 12.1. The first-order chi connectivity index (χ1) is 9.58. The summed E-state index contributed by atoms with van der Waals surface area (Å²) >= 11 is 0. The van der Waals surface area contributed by atoms with Crippen LogP contribution in [0.25, 0.3) is 0 Å². The molecular weight excluding hydrogens is 254 g/mol. The Hall–Kier alpha value is -1.62. The highest BCUT2D eigenvalue weighted by atomic mass is 16.3. The minimum Gasteiger partial charge on any atom is -0.383 e. The molecule has 110 valence electrons. The van der Waals surface area contributed by atoms with Crippen LogP contribution in [0.1, 0.15) is 20.3 Å². The van der Waals surface area contributed by atoms with Gasteiger partial charge >= 0.3 is 0 Å². The van der Waals surface area contributed by atoms with E-state index in [0.717, 1.165) is 18.8 Å². The Labute approximate surface area is 120 Å². The number of aliphatic hydroxyl groups excluding tert-OH is 1. The van der Waals surface area contributed by atoms with Crippen LogP contribution in [0.4, 0.5) is 5.69 Å². The first-order valence-corrected chi connectivity index (χ1v) is 7.19. The molecule has 1 amide bonds. The number of carbonyl (C=O) groups is 1. The molecule has 0 unspecified atom stereocenters. The number of hydrogen-bond acceptors (Lipinski definition) is 4. The number of piperazine rings is 1. The zero-order chi connectivity index (χ0) is 14.5. The van der Waals surface area contributed by atoms with Crippen molar-refractivity contribution < 1.29 is 9.90 Å². The second kappa shape index (κ2) is 6.70. The van der Waals surface area contributed by atoms with Crippen LogP contribution in [0.2, 0.25) is 0 Å². The van der Waals surface area contributed by atoms with E-state index < -0.39 is 6.10 Å². The molecule has 20 heavy (non-hydrogen) atoms.